The summed E-state index contributed by atoms with van der Waals surface area (Å²) in [6.07, 6.45) is 7.87. The molecule has 0 bridgehead atoms. The molecule has 5 aromatic rings. The predicted octanol–water partition coefficient (Wildman–Crippen LogP) is 7.18. The molecule has 0 atom stereocenters. The van der Waals surface area contributed by atoms with E-state index in [-0.39, 0.29) is 31.6 Å². The van der Waals surface area contributed by atoms with Gasteiger partial charge in [0.1, 0.15) is 0 Å². The van der Waals surface area contributed by atoms with Crippen molar-refractivity contribution in [3.8, 4) is 0 Å². The first kappa shape index (κ1) is 25.7. The molecular weight excluding hydrogens is 627 g/mol. The molecule has 6 rings (SSSR count). The van der Waals surface area contributed by atoms with Gasteiger partial charge >= 0.3 is 0 Å². The molecule has 2 aromatic heterocycles. The van der Waals surface area contributed by atoms with Crippen LogP contribution in [-0.4, -0.2) is 26.7 Å². The fourth-order valence-corrected chi connectivity index (χ4v) is 4.88. The maximum Gasteiger partial charge on any atom is 0.155 e. The molecule has 3 aromatic carbocycles. The number of allylic oxidation sites excluding steroid dienone is 2. The number of benzene rings is 3. The summed E-state index contributed by atoms with van der Waals surface area (Å²) in [5.41, 5.74) is 4.90. The predicted molar refractivity (Wildman–Crippen MR) is 145 cm³/mol. The van der Waals surface area contributed by atoms with Crippen molar-refractivity contribution in [1.29, 1.82) is 0 Å². The molecular formula is C30H29IrN3O2-2. The summed E-state index contributed by atoms with van der Waals surface area (Å²) in [7, 11) is 0. The quantitative estimate of drug-likeness (QED) is 0.124. The molecule has 1 aliphatic rings. The molecule has 6 heteroatoms. The Morgan fingerprint density at radius 2 is 1.67 bits per heavy atom. The number of aromatic nitrogens is 1. The van der Waals surface area contributed by atoms with Gasteiger partial charge in [-0.3, -0.25) is 4.79 Å². The molecule has 36 heavy (non-hydrogen) atoms. The van der Waals surface area contributed by atoms with E-state index in [2.05, 4.69) is 101 Å². The maximum atomic E-state index is 10.0. The molecule has 0 amide bonds. The number of carbonyl (C=O) groups is 1. The van der Waals surface area contributed by atoms with Gasteiger partial charge in [-0.25, -0.2) is 0 Å². The average Bonchev–Trinajstić information content (AvgIpc) is 3.53. The van der Waals surface area contributed by atoms with Crippen molar-refractivity contribution < 1.29 is 30.0 Å². The zero-order chi connectivity index (χ0) is 24.5. The van der Waals surface area contributed by atoms with Gasteiger partial charge in [0.25, 0.3) is 0 Å². The number of hydrogen-bond acceptors (Lipinski definition) is 4. The minimum Gasteiger partial charge on any atom is -0.512 e. The minimum absolute atomic E-state index is 0. The number of nitrogens with zero attached hydrogens (tertiary/aromatic N) is 3. The summed E-state index contributed by atoms with van der Waals surface area (Å²) >= 11 is 0. The Bertz CT molecular complexity index is 1580. The Kier molecular flexibility index (Phi) is 7.67. The van der Waals surface area contributed by atoms with Crippen LogP contribution in [-0.2, 0) is 24.9 Å². The molecule has 5 nitrogen and oxygen atoms in total. The van der Waals surface area contributed by atoms with Gasteiger partial charge in [-0.15, -0.1) is 5.39 Å². The van der Waals surface area contributed by atoms with Crippen LogP contribution >= 0.6 is 0 Å². The molecule has 0 aliphatic carbocycles. The second kappa shape index (κ2) is 10.7. The third-order valence-electron chi connectivity index (χ3n) is 6.29. The van der Waals surface area contributed by atoms with Crippen molar-refractivity contribution in [3.63, 3.8) is 0 Å². The van der Waals surface area contributed by atoms with Gasteiger partial charge in [-0.05, 0) is 56.2 Å². The standard InChI is InChI=1S/C25H21N3.C5H8O2.Ir/c1-2-3-14-26-15-16-27(17-26)23-13-7-11-21-20-10-6-9-19-18-8-4-5-12-22(18)28(24(19)20)25(21)23;1-4(6)3-5(2)7;/h4-12,15-17H,2-3,14H2,1H3;3,6H,1-2H3;/q-2;;/b;4-3-;. The second-order valence-electron chi connectivity index (χ2n) is 8.95. The summed E-state index contributed by atoms with van der Waals surface area (Å²) in [6, 6.07) is 23.1. The summed E-state index contributed by atoms with van der Waals surface area (Å²) in [4.78, 5) is 14.5. The Hall–Kier alpha value is -3.34. The van der Waals surface area contributed by atoms with Crippen molar-refractivity contribution in [2.45, 2.75) is 33.6 Å². The third kappa shape index (κ3) is 4.59. The summed E-state index contributed by atoms with van der Waals surface area (Å²) < 4.78 is 2.43. The van der Waals surface area contributed by atoms with E-state index in [0.717, 1.165) is 12.2 Å². The van der Waals surface area contributed by atoms with Crippen LogP contribution in [0.4, 0.5) is 5.69 Å². The molecule has 0 saturated heterocycles. The van der Waals surface area contributed by atoms with Crippen LogP contribution in [0.25, 0.3) is 38.1 Å². The van der Waals surface area contributed by atoms with Gasteiger partial charge in [-0.2, -0.15) is 24.9 Å². The number of aliphatic hydroxyl groups excluding tert-OH is 1. The number of hydrogen-bond donors (Lipinski definition) is 1. The van der Waals surface area contributed by atoms with Crippen molar-refractivity contribution in [1.82, 2.24) is 9.30 Å². The smallest absolute Gasteiger partial charge is 0.155 e. The van der Waals surface area contributed by atoms with Crippen LogP contribution < -0.4 is 4.90 Å². The normalized spacial score (nSPS) is 13.6. The number of ketones is 1. The third-order valence-corrected chi connectivity index (χ3v) is 6.29. The Balaban J connectivity index is 0.000000338. The fourth-order valence-electron chi connectivity index (χ4n) is 4.88. The topological polar surface area (TPSA) is 48.2 Å². The van der Waals surface area contributed by atoms with Gasteiger partial charge in [0, 0.05) is 48.0 Å². The fraction of sp³-hybridized carbons (Fsp3) is 0.200. The van der Waals surface area contributed by atoms with Crippen LogP contribution in [0.3, 0.4) is 0 Å². The number of rotatable bonds is 5. The Morgan fingerprint density at radius 1 is 0.972 bits per heavy atom. The number of aliphatic hydroxyl groups is 1. The number of unbranched alkanes of at least 4 members (excludes halogenated alkanes) is 1. The van der Waals surface area contributed by atoms with Crippen molar-refractivity contribution in [2.75, 3.05) is 11.4 Å². The van der Waals surface area contributed by atoms with E-state index in [9.17, 15) is 4.79 Å². The molecule has 1 aliphatic heterocycles. The summed E-state index contributed by atoms with van der Waals surface area (Å²) in [6.45, 7) is 8.32. The van der Waals surface area contributed by atoms with Crippen molar-refractivity contribution in [3.05, 3.63) is 91.6 Å². The molecule has 0 saturated carbocycles. The van der Waals surface area contributed by atoms with Gasteiger partial charge in [-0.1, -0.05) is 55.4 Å². The monoisotopic (exact) mass is 656 g/mol. The van der Waals surface area contributed by atoms with Crippen LogP contribution in [0.5, 0.6) is 0 Å². The molecule has 1 N–H and O–H groups in total. The van der Waals surface area contributed by atoms with Gasteiger partial charge in [0.15, 0.2) is 5.78 Å². The molecule has 187 valence electrons. The van der Waals surface area contributed by atoms with Gasteiger partial charge in [0.2, 0.25) is 0 Å². The van der Waals surface area contributed by atoms with Crippen LogP contribution in [0, 0.1) is 12.7 Å². The first-order valence-corrected chi connectivity index (χ1v) is 12.0. The van der Waals surface area contributed by atoms with E-state index >= 15 is 0 Å². The number of para-hydroxylation sites is 2. The van der Waals surface area contributed by atoms with Crippen LogP contribution in [0.2, 0.25) is 0 Å². The van der Waals surface area contributed by atoms with Gasteiger partial charge < -0.3 is 19.3 Å². The molecule has 1 radical (unpaired) electrons. The van der Waals surface area contributed by atoms with Crippen LogP contribution in [0.1, 0.15) is 33.6 Å². The summed E-state index contributed by atoms with van der Waals surface area (Å²) in [5, 5.41) is 13.6. The summed E-state index contributed by atoms with van der Waals surface area (Å²) in [5.74, 6) is -0.0625. The van der Waals surface area contributed by atoms with Crippen molar-refractivity contribution in [2.24, 2.45) is 0 Å². The van der Waals surface area contributed by atoms with E-state index in [0.29, 0.717) is 0 Å². The Morgan fingerprint density at radius 3 is 2.36 bits per heavy atom. The first-order valence-electron chi connectivity index (χ1n) is 12.0. The number of carbonyl (C=O) groups excluding carboxylic acids is 1. The van der Waals surface area contributed by atoms with E-state index < -0.39 is 0 Å². The second-order valence-corrected chi connectivity index (χ2v) is 8.95. The average molecular weight is 656 g/mol. The van der Waals surface area contributed by atoms with E-state index in [4.69, 9.17) is 5.11 Å². The van der Waals surface area contributed by atoms with E-state index in [1.54, 1.807) is 0 Å². The molecule has 0 unspecified atom stereocenters. The SMILES string of the molecule is CC(=O)/C=C(/C)O.CCCCN1C=CN(c2[c-]ccc3c4cccc5c6ccccc6n(c23)c54)[CH-]1.[Ir]. The molecule has 3 heterocycles. The molecule has 0 spiro atoms. The van der Waals surface area contributed by atoms with Crippen molar-refractivity contribution >= 4 is 49.6 Å². The number of fused-ring (bicyclic) bond motifs is 6. The van der Waals surface area contributed by atoms with Gasteiger partial charge in [0.05, 0.1) is 5.76 Å². The maximum absolute atomic E-state index is 10.0. The minimum atomic E-state index is -0.125. The van der Waals surface area contributed by atoms with Crippen LogP contribution in [0.15, 0.2) is 78.8 Å². The largest absolute Gasteiger partial charge is 0.512 e. The zero-order valence-corrected chi connectivity index (χ0v) is 23.1. The molecule has 0 fully saturated rings. The van der Waals surface area contributed by atoms with E-state index in [1.165, 1.54) is 70.9 Å². The zero-order valence-electron chi connectivity index (χ0n) is 20.7. The number of anilines is 1. The Labute approximate surface area is 225 Å². The first-order chi connectivity index (χ1) is 17.0. The van der Waals surface area contributed by atoms with E-state index in [1.807, 2.05) is 0 Å².